The minimum absolute atomic E-state index is 0.376. The molecule has 0 radical (unpaired) electrons. The van der Waals surface area contributed by atoms with Crippen LogP contribution in [0, 0.1) is 0 Å². The van der Waals surface area contributed by atoms with E-state index in [0.717, 1.165) is 24.3 Å². The molecule has 0 spiro atoms. The molecule has 5 atom stereocenters. The number of aliphatic hydroxyl groups excluding tert-OH is 4. The molecule has 1 heterocycles. The Balaban J connectivity index is 2.42. The summed E-state index contributed by atoms with van der Waals surface area (Å²) in [6.45, 7) is -0.376. The molecule has 1 aliphatic rings. The van der Waals surface area contributed by atoms with Gasteiger partial charge in [0.15, 0.2) is 0 Å². The fourth-order valence-corrected chi connectivity index (χ4v) is 3.02. The monoisotopic (exact) mass is 284 g/mol. The van der Waals surface area contributed by atoms with E-state index in [2.05, 4.69) is 12.6 Å². The highest BCUT2D eigenvalue weighted by Gasteiger charge is 2.43. The van der Waals surface area contributed by atoms with Gasteiger partial charge in [-0.3, -0.25) is 0 Å². The first-order chi connectivity index (χ1) is 8.11. The molecule has 17 heavy (non-hydrogen) atoms. The molecule has 5 nitrogen and oxygen atoms in total. The van der Waals surface area contributed by atoms with Crippen molar-refractivity contribution in [2.24, 2.45) is 0 Å². The average Bonchev–Trinajstić information content (AvgIpc) is 2.34. The zero-order valence-electron chi connectivity index (χ0n) is 9.47. The average molecular weight is 284 g/mol. The summed E-state index contributed by atoms with van der Waals surface area (Å²) in [5, 5.41) is 37.8. The number of thioether (sulfide) groups is 1. The molecule has 4 N–H and O–H groups in total. The molecule has 1 fully saturated rings. The Morgan fingerprint density at radius 2 is 1.76 bits per heavy atom. The van der Waals surface area contributed by atoms with Gasteiger partial charge in [0.1, 0.15) is 29.9 Å². The van der Waals surface area contributed by atoms with Crippen molar-refractivity contribution in [2.45, 2.75) is 42.7 Å². The first-order valence-corrected chi connectivity index (χ1v) is 7.33. The minimum Gasteiger partial charge on any atom is -0.394 e. The summed E-state index contributed by atoms with van der Waals surface area (Å²) in [7, 11) is 0. The molecule has 7 heteroatoms. The number of ether oxygens (including phenoxy) is 1. The summed E-state index contributed by atoms with van der Waals surface area (Å²) >= 11 is 5.48. The van der Waals surface area contributed by atoms with Gasteiger partial charge in [0.2, 0.25) is 0 Å². The van der Waals surface area contributed by atoms with Crippen molar-refractivity contribution in [3.63, 3.8) is 0 Å². The van der Waals surface area contributed by atoms with Gasteiger partial charge in [-0.2, -0.15) is 12.6 Å². The van der Waals surface area contributed by atoms with E-state index in [1.807, 2.05) is 0 Å². The van der Waals surface area contributed by atoms with Crippen molar-refractivity contribution in [1.29, 1.82) is 0 Å². The van der Waals surface area contributed by atoms with E-state index in [1.54, 1.807) is 0 Å². The minimum atomic E-state index is -1.27. The summed E-state index contributed by atoms with van der Waals surface area (Å²) in [6.07, 6.45) is -2.56. The SMILES string of the molecule is OC[C@H]1O[C@@H](SCCCCS)[C@H](O)[C@@H](O)[C@@H]1O. The molecule has 0 saturated carbocycles. The van der Waals surface area contributed by atoms with Gasteiger partial charge in [-0.15, -0.1) is 11.8 Å². The Hall–Kier alpha value is 0.500. The van der Waals surface area contributed by atoms with Crippen molar-refractivity contribution in [2.75, 3.05) is 18.1 Å². The lowest BCUT2D eigenvalue weighted by Crippen LogP contribution is -2.57. The van der Waals surface area contributed by atoms with Crippen LogP contribution in [-0.4, -0.2) is 68.4 Å². The molecule has 0 bridgehead atoms. The van der Waals surface area contributed by atoms with Gasteiger partial charge in [-0.25, -0.2) is 0 Å². The summed E-state index contributed by atoms with van der Waals surface area (Å²) < 4.78 is 5.34. The van der Waals surface area contributed by atoms with Crippen LogP contribution in [0.5, 0.6) is 0 Å². The van der Waals surface area contributed by atoms with E-state index >= 15 is 0 Å². The Morgan fingerprint density at radius 3 is 2.35 bits per heavy atom. The lowest BCUT2D eigenvalue weighted by atomic mass is 10.0. The van der Waals surface area contributed by atoms with E-state index in [0.29, 0.717) is 0 Å². The Labute approximate surface area is 111 Å². The van der Waals surface area contributed by atoms with E-state index in [4.69, 9.17) is 9.84 Å². The largest absolute Gasteiger partial charge is 0.394 e. The Kier molecular flexibility index (Phi) is 7.17. The van der Waals surface area contributed by atoms with Crippen LogP contribution in [0.3, 0.4) is 0 Å². The number of aliphatic hydroxyl groups is 4. The van der Waals surface area contributed by atoms with Crippen LogP contribution in [0.25, 0.3) is 0 Å². The van der Waals surface area contributed by atoms with E-state index in [9.17, 15) is 15.3 Å². The fraction of sp³-hybridized carbons (Fsp3) is 1.00. The zero-order valence-corrected chi connectivity index (χ0v) is 11.2. The van der Waals surface area contributed by atoms with Crippen molar-refractivity contribution >= 4 is 24.4 Å². The molecule has 102 valence electrons. The van der Waals surface area contributed by atoms with E-state index in [1.165, 1.54) is 11.8 Å². The lowest BCUT2D eigenvalue weighted by Gasteiger charge is -2.39. The van der Waals surface area contributed by atoms with Crippen LogP contribution in [0.4, 0.5) is 0 Å². The maximum atomic E-state index is 9.73. The Bertz CT molecular complexity index is 217. The molecule has 0 unspecified atom stereocenters. The molecule has 0 amide bonds. The smallest absolute Gasteiger partial charge is 0.132 e. The van der Waals surface area contributed by atoms with Gasteiger partial charge in [-0.1, -0.05) is 0 Å². The second-order valence-electron chi connectivity index (χ2n) is 4.00. The maximum Gasteiger partial charge on any atom is 0.132 e. The standard InChI is InChI=1S/C10H20O5S2/c11-5-6-7(12)8(13)9(14)10(15-6)17-4-2-1-3-16/h6-14,16H,1-5H2/t6-,7-,8+,9-,10+/m1/s1. The van der Waals surface area contributed by atoms with Crippen LogP contribution >= 0.6 is 24.4 Å². The second-order valence-corrected chi connectivity index (χ2v) is 5.65. The molecule has 0 aliphatic carbocycles. The maximum absolute atomic E-state index is 9.73. The van der Waals surface area contributed by atoms with Crippen LogP contribution in [0.2, 0.25) is 0 Å². The lowest BCUT2D eigenvalue weighted by molar-refractivity contribution is -0.205. The zero-order chi connectivity index (χ0) is 12.8. The summed E-state index contributed by atoms with van der Waals surface area (Å²) in [6, 6.07) is 0. The highest BCUT2D eigenvalue weighted by Crippen LogP contribution is 2.28. The normalized spacial score (nSPS) is 38.3. The highest BCUT2D eigenvalue weighted by molar-refractivity contribution is 7.99. The molecule has 1 saturated heterocycles. The molecule has 1 aliphatic heterocycles. The third-order valence-corrected chi connectivity index (χ3v) is 4.24. The fourth-order valence-electron chi connectivity index (χ4n) is 1.62. The predicted octanol–water partition coefficient (Wildman–Crippen LogP) is -0.771. The van der Waals surface area contributed by atoms with Crippen LogP contribution in [0.15, 0.2) is 0 Å². The number of unbranched alkanes of at least 4 members (excludes halogenated alkanes) is 1. The summed E-state index contributed by atoms with van der Waals surface area (Å²) in [5.41, 5.74) is -0.606. The first-order valence-electron chi connectivity index (χ1n) is 5.64. The number of hydrogen-bond acceptors (Lipinski definition) is 7. The molecule has 0 aromatic heterocycles. The van der Waals surface area contributed by atoms with Gasteiger partial charge in [-0.05, 0) is 24.3 Å². The predicted molar refractivity (Wildman–Crippen MR) is 69.3 cm³/mol. The summed E-state index contributed by atoms with van der Waals surface area (Å²) in [5.74, 6) is 1.60. The van der Waals surface area contributed by atoms with Crippen LogP contribution in [0.1, 0.15) is 12.8 Å². The van der Waals surface area contributed by atoms with Gasteiger partial charge in [0.05, 0.1) is 6.61 Å². The van der Waals surface area contributed by atoms with Gasteiger partial charge in [0.25, 0.3) is 0 Å². The number of thiol groups is 1. The van der Waals surface area contributed by atoms with Gasteiger partial charge >= 0.3 is 0 Å². The number of hydrogen-bond donors (Lipinski definition) is 5. The topological polar surface area (TPSA) is 90.2 Å². The second kappa shape index (κ2) is 7.83. The van der Waals surface area contributed by atoms with Crippen molar-refractivity contribution in [3.05, 3.63) is 0 Å². The quantitative estimate of drug-likeness (QED) is 0.325. The Morgan fingerprint density at radius 1 is 1.06 bits per heavy atom. The van der Waals surface area contributed by atoms with Crippen molar-refractivity contribution in [3.8, 4) is 0 Å². The molecular formula is C10H20O5S2. The van der Waals surface area contributed by atoms with Gasteiger partial charge in [0, 0.05) is 0 Å². The highest BCUT2D eigenvalue weighted by atomic mass is 32.2. The molecular weight excluding hydrogens is 264 g/mol. The first kappa shape index (κ1) is 15.6. The van der Waals surface area contributed by atoms with Gasteiger partial charge < -0.3 is 25.2 Å². The number of rotatable bonds is 6. The molecule has 0 aromatic carbocycles. The van der Waals surface area contributed by atoms with Crippen LogP contribution in [-0.2, 0) is 4.74 Å². The summed E-state index contributed by atoms with van der Waals surface area (Å²) in [4.78, 5) is 0. The van der Waals surface area contributed by atoms with Crippen LogP contribution < -0.4 is 0 Å². The van der Waals surface area contributed by atoms with E-state index in [-0.39, 0.29) is 6.61 Å². The third-order valence-electron chi connectivity index (χ3n) is 2.68. The van der Waals surface area contributed by atoms with Crippen molar-refractivity contribution < 1.29 is 25.2 Å². The molecule has 1 rings (SSSR count). The molecule has 0 aromatic rings. The van der Waals surface area contributed by atoms with E-state index < -0.39 is 29.9 Å². The van der Waals surface area contributed by atoms with Crippen molar-refractivity contribution in [1.82, 2.24) is 0 Å². The third kappa shape index (κ3) is 4.27.